The Morgan fingerprint density at radius 2 is 0.950 bits per heavy atom. The number of aliphatic carboxylic acids is 1. The monoisotopic (exact) mass is 284 g/mol. The third-order valence-electron chi connectivity index (χ3n) is 1.39. The van der Waals surface area contributed by atoms with E-state index in [1.165, 1.54) is 38.1 Å². The first kappa shape index (κ1) is 19.6. The van der Waals surface area contributed by atoms with Crippen molar-refractivity contribution in [3.05, 3.63) is 35.4 Å². The summed E-state index contributed by atoms with van der Waals surface area (Å²) in [5, 5.41) is 24.5. The summed E-state index contributed by atoms with van der Waals surface area (Å²) in [6.45, 7) is 4.14. The van der Waals surface area contributed by atoms with Gasteiger partial charge in [0, 0.05) is 6.92 Å². The fourth-order valence-electron chi connectivity index (χ4n) is 0.856. The van der Waals surface area contributed by atoms with Crippen LogP contribution in [-0.2, 0) is 9.59 Å². The number of hydrogen-bond donors (Lipinski definition) is 3. The van der Waals surface area contributed by atoms with Crippen molar-refractivity contribution < 1.29 is 34.5 Å². The molecule has 0 atom stereocenters. The first-order valence-electron chi connectivity index (χ1n) is 5.31. The number of ketones is 1. The molecule has 1 aromatic carbocycles. The molecule has 0 amide bonds. The number of hydrogen-bond acceptors (Lipinski definition) is 4. The summed E-state index contributed by atoms with van der Waals surface area (Å²) >= 11 is 0. The molecule has 7 nitrogen and oxygen atoms in total. The zero-order chi connectivity index (χ0) is 16.3. The second kappa shape index (κ2) is 10.2. The van der Waals surface area contributed by atoms with E-state index in [0.717, 1.165) is 6.92 Å². The lowest BCUT2D eigenvalue weighted by Crippen LogP contribution is -2.06. The number of carboxylic acids is 3. The number of benzene rings is 1. The van der Waals surface area contributed by atoms with Crippen LogP contribution in [0.15, 0.2) is 24.3 Å². The van der Waals surface area contributed by atoms with Crippen LogP contribution in [0.3, 0.4) is 0 Å². The SMILES string of the molecule is CC(=O)O.CC(C)=O.O=C(O)c1ccccc1C(=O)O. The molecule has 0 saturated heterocycles. The van der Waals surface area contributed by atoms with E-state index in [-0.39, 0.29) is 16.9 Å². The molecule has 3 N–H and O–H groups in total. The van der Waals surface area contributed by atoms with Gasteiger partial charge in [0.2, 0.25) is 0 Å². The van der Waals surface area contributed by atoms with Crippen LogP contribution in [0.25, 0.3) is 0 Å². The highest BCUT2D eigenvalue weighted by Crippen LogP contribution is 2.07. The van der Waals surface area contributed by atoms with Gasteiger partial charge in [-0.15, -0.1) is 0 Å². The van der Waals surface area contributed by atoms with Crippen LogP contribution in [0.4, 0.5) is 0 Å². The fourth-order valence-corrected chi connectivity index (χ4v) is 0.856. The van der Waals surface area contributed by atoms with Crippen LogP contribution in [-0.4, -0.2) is 39.0 Å². The molecule has 0 bridgehead atoms. The van der Waals surface area contributed by atoms with Crippen LogP contribution >= 0.6 is 0 Å². The highest BCUT2D eigenvalue weighted by atomic mass is 16.4. The van der Waals surface area contributed by atoms with E-state index in [2.05, 4.69) is 0 Å². The largest absolute Gasteiger partial charge is 0.481 e. The Balaban J connectivity index is 0. The average molecular weight is 284 g/mol. The van der Waals surface area contributed by atoms with Crippen molar-refractivity contribution in [3.8, 4) is 0 Å². The number of aromatic carboxylic acids is 2. The molecule has 0 heterocycles. The van der Waals surface area contributed by atoms with Gasteiger partial charge in [0.15, 0.2) is 0 Å². The van der Waals surface area contributed by atoms with Gasteiger partial charge in [-0.25, -0.2) is 9.59 Å². The number of carbonyl (C=O) groups is 4. The maximum atomic E-state index is 10.5. The molecular weight excluding hydrogens is 268 g/mol. The summed E-state index contributed by atoms with van der Waals surface area (Å²) in [5.41, 5.74) is -0.380. The summed E-state index contributed by atoms with van der Waals surface area (Å²) in [4.78, 5) is 39.4. The molecule has 0 aromatic heterocycles. The molecule has 0 saturated carbocycles. The smallest absolute Gasteiger partial charge is 0.336 e. The van der Waals surface area contributed by atoms with E-state index >= 15 is 0 Å². The Hall–Kier alpha value is -2.70. The summed E-state index contributed by atoms with van der Waals surface area (Å²) < 4.78 is 0. The Morgan fingerprint density at radius 1 is 0.750 bits per heavy atom. The molecule has 0 unspecified atom stereocenters. The minimum absolute atomic E-state index is 0.167. The minimum atomic E-state index is -1.23. The molecule has 110 valence electrons. The van der Waals surface area contributed by atoms with Crippen molar-refractivity contribution in [2.75, 3.05) is 0 Å². The molecular formula is C13H16O7. The van der Waals surface area contributed by atoms with Crippen LogP contribution < -0.4 is 0 Å². The minimum Gasteiger partial charge on any atom is -0.481 e. The predicted octanol–water partition coefficient (Wildman–Crippen LogP) is 1.77. The van der Waals surface area contributed by atoms with Crippen LogP contribution in [0.1, 0.15) is 41.5 Å². The number of rotatable bonds is 2. The normalized spacial score (nSPS) is 8.15. The number of carbonyl (C=O) groups excluding carboxylic acids is 1. The number of carboxylic acid groups (broad SMARTS) is 3. The van der Waals surface area contributed by atoms with Crippen molar-refractivity contribution in [3.63, 3.8) is 0 Å². The quantitative estimate of drug-likeness (QED) is 0.754. The molecule has 1 aromatic rings. The molecule has 0 radical (unpaired) electrons. The maximum Gasteiger partial charge on any atom is 0.336 e. The molecule has 1 rings (SSSR count). The van der Waals surface area contributed by atoms with Crippen molar-refractivity contribution in [2.24, 2.45) is 0 Å². The molecule has 0 spiro atoms. The average Bonchev–Trinajstić information content (AvgIpc) is 2.27. The second-order valence-corrected chi connectivity index (χ2v) is 3.58. The van der Waals surface area contributed by atoms with E-state index in [9.17, 15) is 14.4 Å². The lowest BCUT2D eigenvalue weighted by Gasteiger charge is -1.98. The van der Waals surface area contributed by atoms with Gasteiger partial charge < -0.3 is 20.1 Å². The van der Waals surface area contributed by atoms with Gasteiger partial charge >= 0.3 is 11.9 Å². The molecule has 20 heavy (non-hydrogen) atoms. The lowest BCUT2D eigenvalue weighted by atomic mass is 10.1. The lowest BCUT2D eigenvalue weighted by molar-refractivity contribution is -0.134. The molecule has 7 heteroatoms. The second-order valence-electron chi connectivity index (χ2n) is 3.58. The maximum absolute atomic E-state index is 10.5. The standard InChI is InChI=1S/C8H6O4.C3H6O.C2H4O2/c9-7(10)5-3-1-2-4-6(5)8(11)12;1-3(2)4;1-2(3)4/h1-4H,(H,9,10)(H,11,12);1-2H3;1H3,(H,3,4). The molecule has 0 aliphatic rings. The van der Waals surface area contributed by atoms with Crippen LogP contribution in [0.5, 0.6) is 0 Å². The van der Waals surface area contributed by atoms with Gasteiger partial charge in [-0.3, -0.25) is 4.79 Å². The number of Topliss-reactive ketones (excluding diaryl/α,β-unsaturated/α-hetero) is 1. The van der Waals surface area contributed by atoms with Gasteiger partial charge in [-0.2, -0.15) is 0 Å². The zero-order valence-electron chi connectivity index (χ0n) is 11.3. The molecule has 0 fully saturated rings. The predicted molar refractivity (Wildman–Crippen MR) is 70.0 cm³/mol. The third-order valence-corrected chi connectivity index (χ3v) is 1.39. The molecule has 0 aliphatic heterocycles. The van der Waals surface area contributed by atoms with E-state index in [1.54, 1.807) is 0 Å². The summed E-state index contributed by atoms with van der Waals surface area (Å²) in [7, 11) is 0. The summed E-state index contributed by atoms with van der Waals surface area (Å²) in [6.07, 6.45) is 0. The topological polar surface area (TPSA) is 129 Å². The van der Waals surface area contributed by atoms with Crippen molar-refractivity contribution in [1.29, 1.82) is 0 Å². The van der Waals surface area contributed by atoms with Crippen molar-refractivity contribution in [1.82, 2.24) is 0 Å². The van der Waals surface area contributed by atoms with Gasteiger partial charge in [-0.05, 0) is 26.0 Å². The van der Waals surface area contributed by atoms with Crippen molar-refractivity contribution >= 4 is 23.7 Å². The summed E-state index contributed by atoms with van der Waals surface area (Å²) in [5.74, 6) is -3.12. The van der Waals surface area contributed by atoms with Crippen molar-refractivity contribution in [2.45, 2.75) is 20.8 Å². The van der Waals surface area contributed by atoms with E-state index < -0.39 is 17.9 Å². The van der Waals surface area contributed by atoms with Crippen LogP contribution in [0, 0.1) is 0 Å². The van der Waals surface area contributed by atoms with Gasteiger partial charge in [0.25, 0.3) is 5.97 Å². The van der Waals surface area contributed by atoms with E-state index in [4.69, 9.17) is 20.1 Å². The Kier molecular flexibility index (Phi) is 10.1. The van der Waals surface area contributed by atoms with E-state index in [0.29, 0.717) is 0 Å². The van der Waals surface area contributed by atoms with Gasteiger partial charge in [0.1, 0.15) is 5.78 Å². The van der Waals surface area contributed by atoms with E-state index in [1.807, 2.05) is 0 Å². The van der Waals surface area contributed by atoms with Gasteiger partial charge in [-0.1, -0.05) is 12.1 Å². The van der Waals surface area contributed by atoms with Crippen LogP contribution in [0.2, 0.25) is 0 Å². The molecule has 0 aliphatic carbocycles. The highest BCUT2D eigenvalue weighted by Gasteiger charge is 2.13. The Bertz CT molecular complexity index is 438. The Morgan fingerprint density at radius 3 is 1.10 bits per heavy atom. The third kappa shape index (κ3) is 11.8. The highest BCUT2D eigenvalue weighted by molar-refractivity contribution is 6.01. The summed E-state index contributed by atoms with van der Waals surface area (Å²) in [6, 6.07) is 5.48. The fraction of sp³-hybridized carbons (Fsp3) is 0.231. The Labute approximate surface area is 115 Å². The first-order valence-corrected chi connectivity index (χ1v) is 5.31. The van der Waals surface area contributed by atoms with Gasteiger partial charge in [0.05, 0.1) is 11.1 Å². The first-order chi connectivity index (χ1) is 9.09. The zero-order valence-corrected chi connectivity index (χ0v) is 11.3.